The third-order valence-corrected chi connectivity index (χ3v) is 11.0. The Morgan fingerprint density at radius 2 is 0.797 bits per heavy atom. The number of carbonyl (C=O) groups is 2. The minimum absolute atomic E-state index is 0.169. The average molecular weight is 807 g/mol. The summed E-state index contributed by atoms with van der Waals surface area (Å²) in [5, 5.41) is 0. The molecule has 3 aromatic carbocycles. The maximum absolute atomic E-state index is 12.9. The van der Waals surface area contributed by atoms with Gasteiger partial charge in [-0.25, -0.2) is 4.79 Å². The molecule has 0 fully saturated rings. The number of hydrogen-bond acceptors (Lipinski definition) is 5. The van der Waals surface area contributed by atoms with Crippen molar-refractivity contribution >= 4 is 23.9 Å². The Morgan fingerprint density at radius 3 is 1.20 bits per heavy atom. The van der Waals surface area contributed by atoms with Crippen molar-refractivity contribution in [1.82, 2.24) is 0 Å². The van der Waals surface area contributed by atoms with E-state index in [9.17, 15) is 9.59 Å². The molecule has 0 amide bonds. The topological polar surface area (TPSA) is 61.8 Å². The first-order chi connectivity index (χ1) is 29.1. The van der Waals surface area contributed by atoms with Crippen LogP contribution in [0.15, 0.2) is 84.9 Å². The zero-order valence-electron chi connectivity index (χ0n) is 37.1. The highest BCUT2D eigenvalue weighted by atomic mass is 16.5. The van der Waals surface area contributed by atoms with E-state index in [0.717, 1.165) is 48.7 Å². The SMILES string of the molecule is CCCCCCCCCCCCCCCCCCOc1ccc(/C=C/C(=O)c2cccc(OC(=O)/C=C/c3ccc(OCCCCCCCCCCCC)cc3)c2)cc1. The Labute approximate surface area is 359 Å². The van der Waals surface area contributed by atoms with Gasteiger partial charge in [-0.1, -0.05) is 210 Å². The van der Waals surface area contributed by atoms with E-state index < -0.39 is 5.97 Å². The van der Waals surface area contributed by atoms with Gasteiger partial charge in [0.05, 0.1) is 13.2 Å². The Balaban J connectivity index is 1.23. The van der Waals surface area contributed by atoms with Crippen molar-refractivity contribution in [3.05, 3.63) is 102 Å². The third kappa shape index (κ3) is 25.2. The summed E-state index contributed by atoms with van der Waals surface area (Å²) in [6, 6.07) is 22.2. The molecule has 0 atom stereocenters. The highest BCUT2D eigenvalue weighted by Gasteiger charge is 2.07. The lowest BCUT2D eigenvalue weighted by atomic mass is 10.0. The number of esters is 1. The summed E-state index contributed by atoms with van der Waals surface area (Å²) in [6.07, 6.45) is 41.2. The molecule has 5 heteroatoms. The van der Waals surface area contributed by atoms with Gasteiger partial charge in [0, 0.05) is 11.6 Å². The fourth-order valence-electron chi connectivity index (χ4n) is 7.27. The Morgan fingerprint density at radius 1 is 0.424 bits per heavy atom. The fourth-order valence-corrected chi connectivity index (χ4v) is 7.27. The summed E-state index contributed by atoms with van der Waals surface area (Å²) in [7, 11) is 0. The molecule has 0 aliphatic rings. The second-order valence-electron chi connectivity index (χ2n) is 16.3. The standard InChI is InChI=1S/C54H78O5/c1-3-5-7-9-11-13-15-16-17-18-19-20-22-24-26-28-44-57-50-38-32-47(33-39-50)36-42-53(55)49-30-29-31-52(46-49)59-54(56)43-37-48-34-40-51(41-35-48)58-45-27-25-23-21-14-12-10-8-6-4-2/h29-43,46H,3-28,44-45H2,1-2H3/b42-36+,43-37+. The monoisotopic (exact) mass is 807 g/mol. The summed E-state index contributed by atoms with van der Waals surface area (Å²) in [6.45, 7) is 5.99. The molecule has 0 aliphatic carbocycles. The number of benzene rings is 3. The van der Waals surface area contributed by atoms with Crippen LogP contribution in [0.3, 0.4) is 0 Å². The first-order valence-electron chi connectivity index (χ1n) is 23.8. The molecule has 3 rings (SSSR count). The van der Waals surface area contributed by atoms with E-state index in [1.54, 1.807) is 36.4 Å². The Bertz CT molecular complexity index is 1550. The van der Waals surface area contributed by atoms with Gasteiger partial charge in [0.2, 0.25) is 0 Å². The maximum Gasteiger partial charge on any atom is 0.336 e. The smallest absolute Gasteiger partial charge is 0.336 e. The number of ether oxygens (including phenoxy) is 3. The van der Waals surface area contributed by atoms with Crippen LogP contribution in [-0.2, 0) is 4.79 Å². The number of allylic oxidation sites excluding steroid dienone is 1. The molecule has 5 nitrogen and oxygen atoms in total. The molecule has 0 aromatic heterocycles. The van der Waals surface area contributed by atoms with Gasteiger partial charge in [-0.05, 0) is 72.5 Å². The van der Waals surface area contributed by atoms with Gasteiger partial charge in [0.25, 0.3) is 0 Å². The molecule has 0 bridgehead atoms. The molecule has 0 N–H and O–H groups in total. The number of ketones is 1. The molecule has 0 aliphatic heterocycles. The normalized spacial score (nSPS) is 11.4. The van der Waals surface area contributed by atoms with Crippen molar-refractivity contribution in [1.29, 1.82) is 0 Å². The number of carbonyl (C=O) groups excluding carboxylic acids is 2. The predicted octanol–water partition coefficient (Wildman–Crippen LogP) is 16.1. The molecule has 3 aromatic rings. The predicted molar refractivity (Wildman–Crippen MR) is 250 cm³/mol. The van der Waals surface area contributed by atoms with Gasteiger partial charge >= 0.3 is 5.97 Å². The van der Waals surface area contributed by atoms with Crippen LogP contribution in [0.4, 0.5) is 0 Å². The van der Waals surface area contributed by atoms with Crippen LogP contribution in [0.25, 0.3) is 12.2 Å². The third-order valence-electron chi connectivity index (χ3n) is 11.0. The second-order valence-corrected chi connectivity index (χ2v) is 16.3. The minimum Gasteiger partial charge on any atom is -0.494 e. The van der Waals surface area contributed by atoms with Crippen molar-refractivity contribution < 1.29 is 23.8 Å². The van der Waals surface area contributed by atoms with E-state index in [1.807, 2.05) is 48.5 Å². The van der Waals surface area contributed by atoms with Crippen molar-refractivity contribution in [3.63, 3.8) is 0 Å². The van der Waals surface area contributed by atoms with Gasteiger partial charge < -0.3 is 14.2 Å². The highest BCUT2D eigenvalue weighted by molar-refractivity contribution is 6.07. The van der Waals surface area contributed by atoms with Crippen LogP contribution in [0.2, 0.25) is 0 Å². The van der Waals surface area contributed by atoms with Crippen LogP contribution >= 0.6 is 0 Å². The minimum atomic E-state index is -0.511. The van der Waals surface area contributed by atoms with Crippen LogP contribution in [0, 0.1) is 0 Å². The zero-order chi connectivity index (χ0) is 41.9. The fraction of sp³-hybridized carbons (Fsp3) is 0.556. The molecule has 59 heavy (non-hydrogen) atoms. The molecule has 0 radical (unpaired) electrons. The van der Waals surface area contributed by atoms with Crippen molar-refractivity contribution in [2.75, 3.05) is 13.2 Å². The number of unbranched alkanes of at least 4 members (excludes halogenated alkanes) is 24. The van der Waals surface area contributed by atoms with Crippen molar-refractivity contribution in [2.24, 2.45) is 0 Å². The van der Waals surface area contributed by atoms with Gasteiger partial charge in [0.1, 0.15) is 17.2 Å². The van der Waals surface area contributed by atoms with Crippen molar-refractivity contribution in [2.45, 2.75) is 181 Å². The second kappa shape index (κ2) is 33.7. The number of rotatable bonds is 36. The van der Waals surface area contributed by atoms with Crippen LogP contribution in [0.5, 0.6) is 17.2 Å². The van der Waals surface area contributed by atoms with E-state index in [-0.39, 0.29) is 5.78 Å². The largest absolute Gasteiger partial charge is 0.494 e. The summed E-state index contributed by atoms with van der Waals surface area (Å²) in [4.78, 5) is 25.5. The summed E-state index contributed by atoms with van der Waals surface area (Å²) in [5.41, 5.74) is 2.23. The van der Waals surface area contributed by atoms with E-state index in [4.69, 9.17) is 14.2 Å². The first kappa shape index (κ1) is 49.2. The molecule has 0 unspecified atom stereocenters. The molecule has 0 saturated heterocycles. The lowest BCUT2D eigenvalue weighted by Gasteiger charge is -2.07. The lowest BCUT2D eigenvalue weighted by molar-refractivity contribution is -0.128. The molecule has 324 valence electrons. The first-order valence-corrected chi connectivity index (χ1v) is 23.8. The summed E-state index contributed by atoms with van der Waals surface area (Å²) >= 11 is 0. The highest BCUT2D eigenvalue weighted by Crippen LogP contribution is 2.20. The lowest BCUT2D eigenvalue weighted by Crippen LogP contribution is -2.04. The van der Waals surface area contributed by atoms with E-state index >= 15 is 0 Å². The van der Waals surface area contributed by atoms with Crippen LogP contribution in [-0.4, -0.2) is 25.0 Å². The molecule has 0 heterocycles. The van der Waals surface area contributed by atoms with Crippen LogP contribution < -0.4 is 14.2 Å². The Kier molecular flexibility index (Phi) is 28.1. The van der Waals surface area contributed by atoms with Crippen molar-refractivity contribution in [3.8, 4) is 17.2 Å². The van der Waals surface area contributed by atoms with Crippen LogP contribution in [0.1, 0.15) is 202 Å². The summed E-state index contributed by atoms with van der Waals surface area (Å²) in [5.74, 6) is 1.32. The van der Waals surface area contributed by atoms with E-state index in [1.165, 1.54) is 166 Å². The Hall–Kier alpha value is -4.12. The van der Waals surface area contributed by atoms with Gasteiger partial charge in [-0.2, -0.15) is 0 Å². The molecular formula is C54H78O5. The van der Waals surface area contributed by atoms with Gasteiger partial charge in [0.15, 0.2) is 5.78 Å². The molecular weight excluding hydrogens is 729 g/mol. The quantitative estimate of drug-likeness (QED) is 0.0193. The molecule has 0 saturated carbocycles. The zero-order valence-corrected chi connectivity index (χ0v) is 37.1. The molecule has 0 spiro atoms. The van der Waals surface area contributed by atoms with Gasteiger partial charge in [-0.15, -0.1) is 0 Å². The van der Waals surface area contributed by atoms with E-state index in [2.05, 4.69) is 13.8 Å². The number of hydrogen-bond donors (Lipinski definition) is 0. The maximum atomic E-state index is 12.9. The van der Waals surface area contributed by atoms with Gasteiger partial charge in [-0.3, -0.25) is 4.79 Å². The van der Waals surface area contributed by atoms with E-state index in [0.29, 0.717) is 11.3 Å². The average Bonchev–Trinajstić information content (AvgIpc) is 3.26. The summed E-state index contributed by atoms with van der Waals surface area (Å²) < 4.78 is 17.4.